The first-order chi connectivity index (χ1) is 0. The molecule has 0 amide bonds. The Morgan fingerprint density at radius 3 is 0.500 bits per heavy atom. The minimum Gasteiger partial charge on any atom is 0 e. The van der Waals surface area contributed by atoms with Crippen LogP contribution in [0.5, 0.6) is 0 Å². The van der Waals surface area contributed by atoms with Gasteiger partial charge in [-0.3, -0.25) is 0 Å². The molecule has 0 rings (SSSR count). The summed E-state index contributed by atoms with van der Waals surface area (Å²) >= 11 is 0. The molecule has 4 heavy (non-hydrogen) atoms. The third kappa shape index (κ3) is 9.57. The monoisotopic (exact) mass is 181 g/mol. The average molecular weight is 181 g/mol. The SMILES string of the molecule is [CaH2].[CaH2].[CaH2].[Mn]. The van der Waals surface area contributed by atoms with Gasteiger partial charge in [0.25, 0.3) is 0 Å². The molecule has 0 spiro atoms. The van der Waals surface area contributed by atoms with Crippen molar-refractivity contribution in [3.8, 4) is 0 Å². The molecule has 0 unspecified atom stereocenters. The summed E-state index contributed by atoms with van der Waals surface area (Å²) in [6, 6.07) is 0. The van der Waals surface area contributed by atoms with Gasteiger partial charge in [0, 0.05) is 17.1 Å². The molecule has 0 aromatic rings. The van der Waals surface area contributed by atoms with Crippen LogP contribution in [-0.4, -0.2) is 113 Å². The Morgan fingerprint density at radius 2 is 0.500 bits per heavy atom. The second kappa shape index (κ2) is 15.7. The van der Waals surface area contributed by atoms with E-state index in [0.717, 1.165) is 0 Å². The van der Waals surface area contributed by atoms with Gasteiger partial charge in [0.1, 0.15) is 0 Å². The molecule has 0 saturated carbocycles. The summed E-state index contributed by atoms with van der Waals surface area (Å²) in [6.07, 6.45) is 0. The van der Waals surface area contributed by atoms with E-state index in [4.69, 9.17) is 0 Å². The third-order valence-corrected chi connectivity index (χ3v) is 0. The predicted octanol–water partition coefficient (Wildman–Crippen LogP) is -2.75. The molecule has 0 heterocycles. The van der Waals surface area contributed by atoms with Gasteiger partial charge in [-0.2, -0.15) is 0 Å². The van der Waals surface area contributed by atoms with Crippen LogP contribution in [-0.2, 0) is 17.1 Å². The smallest absolute Gasteiger partial charge is 0 e. The van der Waals surface area contributed by atoms with Gasteiger partial charge < -0.3 is 0 Å². The van der Waals surface area contributed by atoms with Crippen LogP contribution in [0, 0.1) is 0 Å². The van der Waals surface area contributed by atoms with Crippen molar-refractivity contribution in [1.29, 1.82) is 0 Å². The van der Waals surface area contributed by atoms with Crippen LogP contribution in [0.4, 0.5) is 0 Å². The maximum Gasteiger partial charge on any atom is 0 e. The Bertz CT molecular complexity index is 3.25. The Hall–Kier alpha value is 4.30. The fourth-order valence-electron chi connectivity index (χ4n) is 0. The largest absolute Gasteiger partial charge is 0 e. The van der Waals surface area contributed by atoms with Gasteiger partial charge in [0.2, 0.25) is 0 Å². The molecule has 0 atom stereocenters. The van der Waals surface area contributed by atoms with Crippen molar-refractivity contribution in [2.24, 2.45) is 0 Å². The van der Waals surface area contributed by atoms with Crippen molar-refractivity contribution >= 4 is 113 Å². The fourth-order valence-corrected chi connectivity index (χ4v) is 0. The minimum absolute atomic E-state index is 0. The molecule has 0 aliphatic rings. The second-order valence-electron chi connectivity index (χ2n) is 0. The van der Waals surface area contributed by atoms with E-state index >= 15 is 0 Å². The molecular formula is H6Ca3Mn. The van der Waals surface area contributed by atoms with E-state index in [1.54, 1.807) is 0 Å². The van der Waals surface area contributed by atoms with E-state index in [1.807, 2.05) is 0 Å². The first-order valence-corrected chi connectivity index (χ1v) is 0. The minimum atomic E-state index is 0. The number of hydrogen-bond donors (Lipinski definition) is 0. The Labute approximate surface area is 126 Å². The molecule has 4 heteroatoms. The van der Waals surface area contributed by atoms with Crippen LogP contribution < -0.4 is 0 Å². The van der Waals surface area contributed by atoms with Gasteiger partial charge in [-0.15, -0.1) is 0 Å². The van der Waals surface area contributed by atoms with Crippen LogP contribution >= 0.6 is 0 Å². The van der Waals surface area contributed by atoms with E-state index in [9.17, 15) is 0 Å². The van der Waals surface area contributed by atoms with Crippen LogP contribution in [0.2, 0.25) is 0 Å². The Morgan fingerprint density at radius 1 is 0.500 bits per heavy atom. The topological polar surface area (TPSA) is 0 Å². The first-order valence-electron chi connectivity index (χ1n) is 0. The molecule has 0 aliphatic carbocycles. The van der Waals surface area contributed by atoms with Crippen molar-refractivity contribution in [2.45, 2.75) is 0 Å². The van der Waals surface area contributed by atoms with Gasteiger partial charge in [-0.1, -0.05) is 0 Å². The van der Waals surface area contributed by atoms with Gasteiger partial charge in [0.15, 0.2) is 0 Å². The second-order valence-corrected chi connectivity index (χ2v) is 0. The molecule has 0 saturated heterocycles. The van der Waals surface area contributed by atoms with E-state index in [0.29, 0.717) is 0 Å². The number of hydrogen-bond acceptors (Lipinski definition) is 0. The quantitative estimate of drug-likeness (QED) is 0.355. The zero-order chi connectivity index (χ0) is 0. The van der Waals surface area contributed by atoms with Crippen molar-refractivity contribution in [3.63, 3.8) is 0 Å². The zero-order valence-electron chi connectivity index (χ0n) is 0.378. The van der Waals surface area contributed by atoms with E-state index in [1.165, 1.54) is 0 Å². The third-order valence-electron chi connectivity index (χ3n) is 0. The van der Waals surface area contributed by atoms with Gasteiger partial charge in [-0.25, -0.2) is 0 Å². The molecular weight excluding hydrogens is 175 g/mol. The zero-order valence-corrected chi connectivity index (χ0v) is 1.56. The normalized spacial score (nSPS) is 0. The molecule has 0 N–H and O–H groups in total. The summed E-state index contributed by atoms with van der Waals surface area (Å²) in [4.78, 5) is 0. The molecule has 19 valence electrons. The van der Waals surface area contributed by atoms with Gasteiger partial charge in [-0.05, 0) is 0 Å². The number of rotatable bonds is 0. The molecule has 0 aromatic carbocycles. The summed E-state index contributed by atoms with van der Waals surface area (Å²) in [5.74, 6) is 0. The van der Waals surface area contributed by atoms with Gasteiger partial charge in [0.05, 0.1) is 0 Å². The molecule has 1 radical (unpaired) electrons. The van der Waals surface area contributed by atoms with Crippen molar-refractivity contribution in [2.75, 3.05) is 0 Å². The van der Waals surface area contributed by atoms with Crippen LogP contribution in [0.1, 0.15) is 0 Å². The maximum absolute atomic E-state index is 0. The molecule has 0 aromatic heterocycles. The molecule has 0 nitrogen and oxygen atoms in total. The summed E-state index contributed by atoms with van der Waals surface area (Å²) in [6.45, 7) is 0. The summed E-state index contributed by atoms with van der Waals surface area (Å²) in [5.41, 5.74) is 0. The van der Waals surface area contributed by atoms with Gasteiger partial charge >= 0.3 is 113 Å². The first kappa shape index (κ1) is 23.9. The van der Waals surface area contributed by atoms with E-state index in [2.05, 4.69) is 0 Å². The molecule has 0 bridgehead atoms. The summed E-state index contributed by atoms with van der Waals surface area (Å²) in [5, 5.41) is 0. The molecule has 0 aliphatic heterocycles. The Balaban J connectivity index is 0. The maximum atomic E-state index is 0. The van der Waals surface area contributed by atoms with Crippen LogP contribution in [0.15, 0.2) is 0 Å². The van der Waals surface area contributed by atoms with Crippen LogP contribution in [0.3, 0.4) is 0 Å². The average Bonchev–Trinajstić information content (AvgIpc) is 0. The van der Waals surface area contributed by atoms with E-state index in [-0.39, 0.29) is 130 Å². The van der Waals surface area contributed by atoms with Crippen molar-refractivity contribution in [1.82, 2.24) is 0 Å². The summed E-state index contributed by atoms with van der Waals surface area (Å²) < 4.78 is 0. The van der Waals surface area contributed by atoms with E-state index < -0.39 is 0 Å². The molecule has 0 fully saturated rings. The van der Waals surface area contributed by atoms with Crippen LogP contribution in [0.25, 0.3) is 0 Å². The standard InChI is InChI=1S/3Ca.Mn.6H. The summed E-state index contributed by atoms with van der Waals surface area (Å²) in [7, 11) is 0. The Kier molecular flexibility index (Phi) is 93.7. The van der Waals surface area contributed by atoms with Crippen molar-refractivity contribution in [3.05, 3.63) is 0 Å². The predicted molar refractivity (Wildman–Crippen MR) is 25.6 cm³/mol. The van der Waals surface area contributed by atoms with Crippen molar-refractivity contribution < 1.29 is 17.1 Å². The fraction of sp³-hybridized carbons (Fsp3) is 0.